The largest absolute Gasteiger partial charge is 0.454 e. The van der Waals surface area contributed by atoms with Crippen LogP contribution in [0, 0.1) is 10.1 Å². The molecule has 8 nitrogen and oxygen atoms in total. The molecule has 1 atom stereocenters. The molecular formula is C25H25N3O5. The van der Waals surface area contributed by atoms with Crippen molar-refractivity contribution in [2.75, 3.05) is 24.1 Å². The molecule has 0 saturated carbocycles. The maximum Gasteiger partial charge on any atom is 0.279 e. The highest BCUT2D eigenvalue weighted by Crippen LogP contribution is 2.42. The maximum absolute atomic E-state index is 13.6. The van der Waals surface area contributed by atoms with Gasteiger partial charge in [0.1, 0.15) is 6.04 Å². The van der Waals surface area contributed by atoms with Crippen LogP contribution < -0.4 is 19.7 Å². The molecule has 0 spiro atoms. The number of likely N-dealkylation sites (N-methyl/N-ethyl adjacent to an activating group) is 1. The summed E-state index contributed by atoms with van der Waals surface area (Å²) in [7, 11) is 1.73. The minimum atomic E-state index is -0.993. The van der Waals surface area contributed by atoms with E-state index in [-0.39, 0.29) is 23.8 Å². The van der Waals surface area contributed by atoms with Crippen molar-refractivity contribution in [2.24, 2.45) is 0 Å². The number of ether oxygens (including phenoxy) is 2. The van der Waals surface area contributed by atoms with Gasteiger partial charge in [0.15, 0.2) is 11.5 Å². The number of amides is 1. The minimum absolute atomic E-state index is 0.0243. The number of hydrogen-bond acceptors (Lipinski definition) is 6. The number of fused-ring (bicyclic) bond motifs is 1. The average molecular weight is 447 g/mol. The van der Waals surface area contributed by atoms with Gasteiger partial charge in [-0.2, -0.15) is 0 Å². The van der Waals surface area contributed by atoms with Crippen molar-refractivity contribution in [1.82, 2.24) is 0 Å². The van der Waals surface area contributed by atoms with Crippen LogP contribution in [0.4, 0.5) is 17.1 Å². The number of nitrogens with zero attached hydrogens (tertiary/aromatic N) is 2. The van der Waals surface area contributed by atoms with Gasteiger partial charge in [0.2, 0.25) is 6.79 Å². The van der Waals surface area contributed by atoms with E-state index in [1.807, 2.05) is 54.6 Å². The van der Waals surface area contributed by atoms with Crippen molar-refractivity contribution in [2.45, 2.75) is 25.8 Å². The van der Waals surface area contributed by atoms with Crippen molar-refractivity contribution in [1.29, 1.82) is 0 Å². The zero-order chi connectivity index (χ0) is 23.5. The molecule has 33 heavy (non-hydrogen) atoms. The Hall–Kier alpha value is -4.07. The molecular weight excluding hydrogens is 422 g/mol. The Labute approximate surface area is 191 Å². The van der Waals surface area contributed by atoms with E-state index < -0.39 is 16.9 Å². The first kappa shape index (κ1) is 22.1. The summed E-state index contributed by atoms with van der Waals surface area (Å²) in [6, 6.07) is 18.7. The van der Waals surface area contributed by atoms with Crippen LogP contribution in [0.2, 0.25) is 0 Å². The van der Waals surface area contributed by atoms with E-state index in [0.29, 0.717) is 17.4 Å². The van der Waals surface area contributed by atoms with Gasteiger partial charge < -0.3 is 19.7 Å². The van der Waals surface area contributed by atoms with Gasteiger partial charge in [0, 0.05) is 18.4 Å². The fourth-order valence-electron chi connectivity index (χ4n) is 3.82. The average Bonchev–Trinajstić information content (AvgIpc) is 3.27. The monoisotopic (exact) mass is 447 g/mol. The second-order valence-corrected chi connectivity index (χ2v) is 8.14. The lowest BCUT2D eigenvalue weighted by molar-refractivity contribution is -0.385. The summed E-state index contributed by atoms with van der Waals surface area (Å²) < 4.78 is 10.8. The third-order valence-electron chi connectivity index (χ3n) is 5.66. The van der Waals surface area contributed by atoms with Gasteiger partial charge in [-0.25, -0.2) is 0 Å². The molecule has 3 aromatic rings. The molecule has 170 valence electrons. The van der Waals surface area contributed by atoms with E-state index in [1.165, 1.54) is 12.1 Å². The highest BCUT2D eigenvalue weighted by molar-refractivity contribution is 5.98. The number of anilines is 2. The molecule has 0 aromatic heterocycles. The van der Waals surface area contributed by atoms with Crippen LogP contribution in [0.3, 0.4) is 0 Å². The van der Waals surface area contributed by atoms with Gasteiger partial charge in [-0.05, 0) is 41.8 Å². The van der Waals surface area contributed by atoms with Gasteiger partial charge in [-0.3, -0.25) is 14.9 Å². The normalized spacial score (nSPS) is 13.0. The summed E-state index contributed by atoms with van der Waals surface area (Å²) in [4.78, 5) is 26.7. The number of nitrogens with one attached hydrogen (secondary N) is 1. The minimum Gasteiger partial charge on any atom is -0.454 e. The van der Waals surface area contributed by atoms with E-state index in [2.05, 4.69) is 19.2 Å². The predicted molar refractivity (Wildman–Crippen MR) is 126 cm³/mol. The van der Waals surface area contributed by atoms with Gasteiger partial charge in [-0.1, -0.05) is 44.2 Å². The van der Waals surface area contributed by atoms with Crippen LogP contribution in [0.5, 0.6) is 11.5 Å². The highest BCUT2D eigenvalue weighted by atomic mass is 16.7. The Morgan fingerprint density at radius 2 is 1.67 bits per heavy atom. The SMILES string of the molecule is CC(C)c1ccc(NC(=O)[C@H](c2cc3c(cc2[N+](=O)[O-])OCO3)N(C)c2ccccc2)cc1. The van der Waals surface area contributed by atoms with Crippen molar-refractivity contribution < 1.29 is 19.2 Å². The molecule has 0 bridgehead atoms. The van der Waals surface area contributed by atoms with Crippen molar-refractivity contribution in [3.8, 4) is 11.5 Å². The summed E-state index contributed by atoms with van der Waals surface area (Å²) in [6.45, 7) is 4.16. The van der Waals surface area contributed by atoms with Gasteiger partial charge in [0.25, 0.3) is 11.6 Å². The number of hydrogen-bond donors (Lipinski definition) is 1. The third kappa shape index (κ3) is 4.59. The first-order valence-corrected chi connectivity index (χ1v) is 10.6. The predicted octanol–water partition coefficient (Wildman–Crippen LogP) is 5.26. The molecule has 4 rings (SSSR count). The lowest BCUT2D eigenvalue weighted by Crippen LogP contribution is -2.35. The molecule has 0 unspecified atom stereocenters. The zero-order valence-electron chi connectivity index (χ0n) is 18.6. The van der Waals surface area contributed by atoms with Crippen LogP contribution in [-0.2, 0) is 4.79 Å². The number of rotatable bonds is 7. The fraction of sp³-hybridized carbons (Fsp3) is 0.240. The molecule has 3 aromatic carbocycles. The summed E-state index contributed by atoms with van der Waals surface area (Å²) in [5.41, 5.74) is 2.50. The van der Waals surface area contributed by atoms with E-state index in [1.54, 1.807) is 11.9 Å². The second-order valence-electron chi connectivity index (χ2n) is 8.14. The zero-order valence-corrected chi connectivity index (χ0v) is 18.6. The molecule has 1 aliphatic rings. The summed E-state index contributed by atoms with van der Waals surface area (Å²) in [5, 5.41) is 14.8. The molecule has 0 radical (unpaired) electrons. The van der Waals surface area contributed by atoms with Crippen molar-refractivity contribution in [3.63, 3.8) is 0 Å². The van der Waals surface area contributed by atoms with Crippen LogP contribution in [0.15, 0.2) is 66.7 Å². The quantitative estimate of drug-likeness (QED) is 0.392. The van der Waals surface area contributed by atoms with E-state index in [4.69, 9.17) is 9.47 Å². The number of nitro benzene ring substituents is 1. The maximum atomic E-state index is 13.6. The summed E-state index contributed by atoms with van der Waals surface area (Å²) >= 11 is 0. The Kier molecular flexibility index (Phi) is 6.17. The lowest BCUT2D eigenvalue weighted by atomic mass is 10.00. The van der Waals surface area contributed by atoms with Crippen LogP contribution in [0.25, 0.3) is 0 Å². The molecule has 1 aliphatic heterocycles. The number of benzene rings is 3. The van der Waals surface area contributed by atoms with Crippen molar-refractivity contribution in [3.05, 3.63) is 88.0 Å². The molecule has 0 saturated heterocycles. The van der Waals surface area contributed by atoms with Gasteiger partial charge in [0.05, 0.1) is 16.6 Å². The van der Waals surface area contributed by atoms with E-state index >= 15 is 0 Å². The Morgan fingerprint density at radius 1 is 1.03 bits per heavy atom. The number of para-hydroxylation sites is 1. The number of carbonyl (C=O) groups is 1. The molecule has 0 aliphatic carbocycles. The first-order chi connectivity index (χ1) is 15.8. The fourth-order valence-corrected chi connectivity index (χ4v) is 3.82. The Balaban J connectivity index is 1.76. The third-order valence-corrected chi connectivity index (χ3v) is 5.66. The molecule has 1 amide bonds. The van der Waals surface area contributed by atoms with Crippen LogP contribution in [0.1, 0.15) is 36.9 Å². The smallest absolute Gasteiger partial charge is 0.279 e. The highest BCUT2D eigenvalue weighted by Gasteiger charge is 2.35. The van der Waals surface area contributed by atoms with Gasteiger partial charge in [-0.15, -0.1) is 0 Å². The second kappa shape index (κ2) is 9.20. The topological polar surface area (TPSA) is 93.9 Å². The van der Waals surface area contributed by atoms with Gasteiger partial charge >= 0.3 is 0 Å². The Morgan fingerprint density at radius 3 is 2.27 bits per heavy atom. The first-order valence-electron chi connectivity index (χ1n) is 10.6. The molecule has 0 fully saturated rings. The standard InChI is InChI=1S/C25H25N3O5/c1-16(2)17-9-11-18(12-10-17)26-25(29)24(27(3)19-7-5-4-6-8-19)20-13-22-23(33-15-32-22)14-21(20)28(30)31/h4-14,16,24H,15H2,1-3H3,(H,26,29)/t24-/m0/s1. The van der Waals surface area contributed by atoms with E-state index in [9.17, 15) is 14.9 Å². The number of carbonyl (C=O) groups excluding carboxylic acids is 1. The summed E-state index contributed by atoms with van der Waals surface area (Å²) in [5.74, 6) is 0.621. The molecule has 8 heteroatoms. The molecule has 1 N–H and O–H groups in total. The molecule has 1 heterocycles. The lowest BCUT2D eigenvalue weighted by Gasteiger charge is -2.29. The summed E-state index contributed by atoms with van der Waals surface area (Å²) in [6.07, 6.45) is 0. The van der Waals surface area contributed by atoms with Crippen molar-refractivity contribution >= 4 is 23.0 Å². The van der Waals surface area contributed by atoms with Crippen LogP contribution in [-0.4, -0.2) is 24.7 Å². The van der Waals surface area contributed by atoms with E-state index in [0.717, 1.165) is 11.3 Å². The number of nitro groups is 1. The van der Waals surface area contributed by atoms with Crippen LogP contribution >= 0.6 is 0 Å². The Bertz CT molecular complexity index is 1160.